The number of ether oxygens (including phenoxy) is 4. The standard InChI is InChI=1S/C18H14O8/c1-22-10-5-8(3-4-9(10)19)16-18(23-2)15(21)13-11(26-16)6-12-17(14(13)20)25-7-24-12/h3-6,19-20H,7H2,1-2H3. The lowest BCUT2D eigenvalue weighted by Crippen LogP contribution is -2.08. The number of hydrogen-bond donors (Lipinski definition) is 2. The van der Waals surface area contributed by atoms with Crippen molar-refractivity contribution in [2.75, 3.05) is 21.0 Å². The van der Waals surface area contributed by atoms with Gasteiger partial charge in [0.05, 0.1) is 14.2 Å². The Morgan fingerprint density at radius 1 is 1.08 bits per heavy atom. The van der Waals surface area contributed by atoms with Crippen LogP contribution >= 0.6 is 0 Å². The van der Waals surface area contributed by atoms with Gasteiger partial charge in [-0.05, 0) is 18.2 Å². The number of benzene rings is 2. The Bertz CT molecular complexity index is 1080. The second-order valence-electron chi connectivity index (χ2n) is 5.51. The molecule has 4 rings (SSSR count). The van der Waals surface area contributed by atoms with E-state index in [9.17, 15) is 15.0 Å². The van der Waals surface area contributed by atoms with Crippen LogP contribution in [-0.2, 0) is 0 Å². The van der Waals surface area contributed by atoms with Gasteiger partial charge in [-0.1, -0.05) is 0 Å². The van der Waals surface area contributed by atoms with Crippen molar-refractivity contribution in [2.24, 2.45) is 0 Å². The summed E-state index contributed by atoms with van der Waals surface area (Å²) in [7, 11) is 2.73. The molecule has 134 valence electrons. The SMILES string of the molecule is COc1cc(-c2oc3cc4c(c(O)c3c(=O)c2OC)OCO4)ccc1O. The third-order valence-corrected chi connectivity index (χ3v) is 4.10. The molecule has 26 heavy (non-hydrogen) atoms. The van der Waals surface area contributed by atoms with Crippen LogP contribution in [0.25, 0.3) is 22.3 Å². The molecule has 8 heteroatoms. The summed E-state index contributed by atoms with van der Waals surface area (Å²) in [6.07, 6.45) is 0. The molecular formula is C18H14O8. The van der Waals surface area contributed by atoms with E-state index in [1.54, 1.807) is 6.07 Å². The van der Waals surface area contributed by atoms with Crippen molar-refractivity contribution in [1.29, 1.82) is 0 Å². The summed E-state index contributed by atoms with van der Waals surface area (Å²) in [5, 5.41) is 20.1. The molecule has 0 atom stereocenters. The van der Waals surface area contributed by atoms with Gasteiger partial charge in [0, 0.05) is 11.6 Å². The van der Waals surface area contributed by atoms with Crippen LogP contribution in [0.2, 0.25) is 0 Å². The average Bonchev–Trinajstić information content (AvgIpc) is 3.10. The highest BCUT2D eigenvalue weighted by Gasteiger charge is 2.27. The molecule has 2 aromatic carbocycles. The highest BCUT2D eigenvalue weighted by Crippen LogP contribution is 2.46. The van der Waals surface area contributed by atoms with Crippen LogP contribution < -0.4 is 24.4 Å². The van der Waals surface area contributed by atoms with Gasteiger partial charge in [-0.3, -0.25) is 4.79 Å². The number of methoxy groups -OCH3 is 2. The summed E-state index contributed by atoms with van der Waals surface area (Å²) in [5.41, 5.74) is -0.00107. The molecule has 1 aromatic heterocycles. The quantitative estimate of drug-likeness (QED) is 0.736. The molecule has 2 heterocycles. The predicted octanol–water partition coefficient (Wildman–Crippen LogP) is 2.62. The Labute approximate surface area is 146 Å². The molecule has 1 aliphatic heterocycles. The number of fused-ring (bicyclic) bond motifs is 2. The van der Waals surface area contributed by atoms with Crippen molar-refractivity contribution >= 4 is 11.0 Å². The maximum absolute atomic E-state index is 12.9. The maximum atomic E-state index is 12.9. The van der Waals surface area contributed by atoms with Gasteiger partial charge >= 0.3 is 0 Å². The summed E-state index contributed by atoms with van der Waals surface area (Å²) in [5.74, 6) is 0.182. The smallest absolute Gasteiger partial charge is 0.239 e. The first kappa shape index (κ1) is 15.9. The van der Waals surface area contributed by atoms with E-state index in [1.807, 2.05) is 0 Å². The van der Waals surface area contributed by atoms with Crippen LogP contribution in [0.15, 0.2) is 33.5 Å². The fourth-order valence-corrected chi connectivity index (χ4v) is 2.87. The van der Waals surface area contributed by atoms with Gasteiger partial charge in [-0.25, -0.2) is 0 Å². The molecule has 0 aliphatic carbocycles. The molecule has 0 amide bonds. The third kappa shape index (κ3) is 2.19. The number of hydrogen-bond acceptors (Lipinski definition) is 8. The Kier molecular flexibility index (Phi) is 3.54. The zero-order chi connectivity index (χ0) is 18.4. The molecule has 8 nitrogen and oxygen atoms in total. The van der Waals surface area contributed by atoms with E-state index in [1.165, 1.54) is 32.4 Å². The average molecular weight is 358 g/mol. The van der Waals surface area contributed by atoms with Gasteiger partial charge in [0.15, 0.2) is 28.8 Å². The van der Waals surface area contributed by atoms with Gasteiger partial charge < -0.3 is 33.6 Å². The van der Waals surface area contributed by atoms with Crippen molar-refractivity contribution in [3.63, 3.8) is 0 Å². The first-order valence-corrected chi connectivity index (χ1v) is 7.59. The van der Waals surface area contributed by atoms with E-state index < -0.39 is 5.43 Å². The summed E-state index contributed by atoms with van der Waals surface area (Å²) < 4.78 is 26.6. The zero-order valence-corrected chi connectivity index (χ0v) is 13.9. The van der Waals surface area contributed by atoms with Crippen molar-refractivity contribution in [3.05, 3.63) is 34.5 Å². The van der Waals surface area contributed by atoms with Gasteiger partial charge in [-0.15, -0.1) is 0 Å². The first-order valence-electron chi connectivity index (χ1n) is 7.59. The van der Waals surface area contributed by atoms with E-state index in [2.05, 4.69) is 0 Å². The van der Waals surface area contributed by atoms with Crippen LogP contribution in [-0.4, -0.2) is 31.2 Å². The summed E-state index contributed by atoms with van der Waals surface area (Å²) in [4.78, 5) is 12.9. The lowest BCUT2D eigenvalue weighted by molar-refractivity contribution is 0.171. The molecular weight excluding hydrogens is 344 g/mol. The Morgan fingerprint density at radius 2 is 1.88 bits per heavy atom. The third-order valence-electron chi connectivity index (χ3n) is 4.10. The molecule has 1 aliphatic rings. The predicted molar refractivity (Wildman–Crippen MR) is 90.5 cm³/mol. The van der Waals surface area contributed by atoms with Crippen LogP contribution in [0.3, 0.4) is 0 Å². The van der Waals surface area contributed by atoms with Crippen molar-refractivity contribution in [2.45, 2.75) is 0 Å². The molecule has 0 fully saturated rings. The number of phenols is 2. The molecule has 0 spiro atoms. The molecule has 0 saturated carbocycles. The number of aromatic hydroxyl groups is 2. The van der Waals surface area contributed by atoms with Crippen LogP contribution in [0.1, 0.15) is 0 Å². The Hall–Kier alpha value is -3.55. The second kappa shape index (κ2) is 5.76. The topological polar surface area (TPSA) is 108 Å². The summed E-state index contributed by atoms with van der Waals surface area (Å²) in [6.45, 7) is -0.0629. The second-order valence-corrected chi connectivity index (χ2v) is 5.51. The van der Waals surface area contributed by atoms with Gasteiger partial charge in [0.1, 0.15) is 11.0 Å². The van der Waals surface area contributed by atoms with E-state index in [0.29, 0.717) is 5.56 Å². The molecule has 2 N–H and O–H groups in total. The first-order chi connectivity index (χ1) is 12.5. The molecule has 0 radical (unpaired) electrons. The zero-order valence-electron chi connectivity index (χ0n) is 13.9. The van der Waals surface area contributed by atoms with Crippen LogP contribution in [0.4, 0.5) is 0 Å². The minimum absolute atomic E-state index is 0.0561. The molecule has 3 aromatic rings. The normalized spacial score (nSPS) is 12.4. The van der Waals surface area contributed by atoms with Gasteiger partial charge in [0.2, 0.25) is 23.7 Å². The van der Waals surface area contributed by atoms with Crippen molar-refractivity contribution in [3.8, 4) is 45.8 Å². The lowest BCUT2D eigenvalue weighted by atomic mass is 10.1. The van der Waals surface area contributed by atoms with Crippen molar-refractivity contribution in [1.82, 2.24) is 0 Å². The van der Waals surface area contributed by atoms with Crippen LogP contribution in [0.5, 0.6) is 34.5 Å². The van der Waals surface area contributed by atoms with Crippen molar-refractivity contribution < 1.29 is 33.6 Å². The maximum Gasteiger partial charge on any atom is 0.239 e. The van der Waals surface area contributed by atoms with Gasteiger partial charge in [-0.2, -0.15) is 0 Å². The van der Waals surface area contributed by atoms with E-state index in [0.717, 1.165) is 0 Å². The number of rotatable bonds is 3. The minimum atomic E-state index is -0.563. The van der Waals surface area contributed by atoms with E-state index in [4.69, 9.17) is 23.4 Å². The molecule has 0 unspecified atom stereocenters. The fraction of sp³-hybridized carbons (Fsp3) is 0.167. The van der Waals surface area contributed by atoms with Crippen LogP contribution in [0, 0.1) is 0 Å². The largest absolute Gasteiger partial charge is 0.504 e. The van der Waals surface area contributed by atoms with E-state index >= 15 is 0 Å². The van der Waals surface area contributed by atoms with Gasteiger partial charge in [0.25, 0.3) is 0 Å². The Balaban J connectivity index is 2.05. The minimum Gasteiger partial charge on any atom is -0.504 e. The highest BCUT2D eigenvalue weighted by atomic mass is 16.7. The monoisotopic (exact) mass is 358 g/mol. The lowest BCUT2D eigenvalue weighted by Gasteiger charge is -2.12. The highest BCUT2D eigenvalue weighted by molar-refractivity contribution is 5.91. The summed E-state index contributed by atoms with van der Waals surface area (Å²) in [6, 6.07) is 5.94. The molecule has 0 saturated heterocycles. The van der Waals surface area contributed by atoms with E-state index in [-0.39, 0.29) is 58.0 Å². The Morgan fingerprint density at radius 3 is 2.62 bits per heavy atom. The number of phenolic OH excluding ortho intramolecular Hbond substituents is 2. The molecule has 0 bridgehead atoms. The summed E-state index contributed by atoms with van der Waals surface area (Å²) >= 11 is 0. The fourth-order valence-electron chi connectivity index (χ4n) is 2.87.